The quantitative estimate of drug-likeness (QED) is 0.102. The van der Waals surface area contributed by atoms with Crippen molar-refractivity contribution in [3.63, 3.8) is 0 Å². The molecule has 2 heterocycles. The minimum Gasteiger partial charge on any atom is -0.481 e. The molecule has 0 saturated carbocycles. The van der Waals surface area contributed by atoms with Gasteiger partial charge in [0.1, 0.15) is 47.5 Å². The van der Waals surface area contributed by atoms with E-state index in [9.17, 15) is 41.4 Å². The van der Waals surface area contributed by atoms with Crippen LogP contribution in [-0.4, -0.2) is 72.1 Å². The number of carbonyl (C=O) groups is 3. The number of rotatable bonds is 9. The highest BCUT2D eigenvalue weighted by Crippen LogP contribution is 2.42. The maximum absolute atomic E-state index is 15.9. The van der Waals surface area contributed by atoms with Crippen LogP contribution in [0.5, 0.6) is 11.5 Å². The van der Waals surface area contributed by atoms with Crippen LogP contribution in [0.15, 0.2) is 65.9 Å². The minimum absolute atomic E-state index is 0.0115. The van der Waals surface area contributed by atoms with Crippen LogP contribution in [0.25, 0.3) is 11.1 Å². The van der Waals surface area contributed by atoms with Crippen molar-refractivity contribution in [1.29, 1.82) is 0 Å². The van der Waals surface area contributed by atoms with Gasteiger partial charge in [0, 0.05) is 49.6 Å². The molecule has 2 aliphatic rings. The third-order valence-corrected chi connectivity index (χ3v) is 9.00. The highest BCUT2D eigenvalue weighted by atomic mass is 19.4. The molecule has 15 heteroatoms. The summed E-state index contributed by atoms with van der Waals surface area (Å²) in [5.41, 5.74) is -2.10. The number of aldehydes is 1. The maximum atomic E-state index is 15.9. The number of amides is 1. The lowest BCUT2D eigenvalue weighted by molar-refractivity contribution is -0.138. The number of likely N-dealkylation sites (tertiary alicyclic amines) is 1. The normalized spacial score (nSPS) is 18.5. The molecule has 1 unspecified atom stereocenters. The van der Waals surface area contributed by atoms with Gasteiger partial charge in [-0.05, 0) is 91.1 Å². The van der Waals surface area contributed by atoms with Crippen molar-refractivity contribution in [2.75, 3.05) is 26.7 Å². The molecular weight excluding hydrogens is 699 g/mol. The van der Waals surface area contributed by atoms with Gasteiger partial charge in [-0.25, -0.2) is 17.6 Å². The van der Waals surface area contributed by atoms with E-state index in [-0.39, 0.29) is 71.7 Å². The van der Waals surface area contributed by atoms with Gasteiger partial charge in [0.25, 0.3) is 0 Å². The van der Waals surface area contributed by atoms with Gasteiger partial charge in [0.2, 0.25) is 5.91 Å². The number of carboxylic acids is 1. The molecule has 1 amide bonds. The summed E-state index contributed by atoms with van der Waals surface area (Å²) < 4.78 is 109. The second-order valence-electron chi connectivity index (χ2n) is 12.7. The lowest BCUT2D eigenvalue weighted by Gasteiger charge is -2.35. The summed E-state index contributed by atoms with van der Waals surface area (Å²) in [6.07, 6.45) is -6.27. The van der Waals surface area contributed by atoms with E-state index in [1.807, 2.05) is 0 Å². The zero-order valence-electron chi connectivity index (χ0n) is 28.2. The Morgan fingerprint density at radius 2 is 1.75 bits per heavy atom. The molecule has 4 bridgehead atoms. The van der Waals surface area contributed by atoms with Crippen LogP contribution in [0.4, 0.5) is 30.7 Å². The molecule has 52 heavy (non-hydrogen) atoms. The SMILES string of the molecule is Cc1cc2cc(c1F)[C@H](CC(=O)O)NC(=O)C(N(C)/C=C(CCN1CC(F)C1)\C(=C/C=O)C(F)(F)F)c1cc(ccc1F)Oc1ccc(F)c(C)c1-2. The fraction of sp³-hybridized carbons (Fsp3) is 0.324. The van der Waals surface area contributed by atoms with E-state index in [0.717, 1.165) is 29.3 Å². The maximum Gasteiger partial charge on any atom is 0.416 e. The molecule has 0 radical (unpaired) electrons. The number of nitrogens with zero attached hydrogens (tertiary/aromatic N) is 2. The number of hydrogen-bond donors (Lipinski definition) is 2. The zero-order valence-corrected chi connectivity index (χ0v) is 28.2. The minimum atomic E-state index is -5.05. The first-order valence-electron chi connectivity index (χ1n) is 16.1. The van der Waals surface area contributed by atoms with Gasteiger partial charge < -0.3 is 20.1 Å². The number of hydrogen-bond acceptors (Lipinski definition) is 6. The molecule has 2 aliphatic heterocycles. The van der Waals surface area contributed by atoms with Gasteiger partial charge in [-0.3, -0.25) is 19.3 Å². The van der Waals surface area contributed by atoms with E-state index in [1.54, 1.807) is 4.90 Å². The Morgan fingerprint density at radius 3 is 2.38 bits per heavy atom. The molecule has 1 saturated heterocycles. The fourth-order valence-corrected chi connectivity index (χ4v) is 6.44. The molecule has 2 N–H and O–H groups in total. The van der Waals surface area contributed by atoms with Crippen LogP contribution in [0.3, 0.4) is 0 Å². The van der Waals surface area contributed by atoms with Crippen molar-refractivity contribution in [2.24, 2.45) is 0 Å². The number of ether oxygens (including phenoxy) is 1. The second-order valence-corrected chi connectivity index (χ2v) is 12.7. The number of alkyl halides is 4. The first-order valence-corrected chi connectivity index (χ1v) is 16.1. The Kier molecular flexibility index (Phi) is 11.1. The number of carbonyl (C=O) groups excluding carboxylic acids is 2. The Hall–Kier alpha value is -5.18. The smallest absolute Gasteiger partial charge is 0.416 e. The predicted molar refractivity (Wildman–Crippen MR) is 176 cm³/mol. The summed E-state index contributed by atoms with van der Waals surface area (Å²) in [7, 11) is 1.17. The lowest BCUT2D eigenvalue weighted by Crippen LogP contribution is -2.48. The topological polar surface area (TPSA) is 99.2 Å². The first-order chi connectivity index (χ1) is 24.5. The first kappa shape index (κ1) is 38.1. The van der Waals surface area contributed by atoms with E-state index in [1.165, 1.54) is 45.2 Å². The molecule has 3 aromatic rings. The van der Waals surface area contributed by atoms with Crippen LogP contribution < -0.4 is 10.1 Å². The molecule has 8 nitrogen and oxygen atoms in total. The Labute approximate surface area is 294 Å². The molecule has 3 aromatic carbocycles. The largest absolute Gasteiger partial charge is 0.481 e. The molecular formula is C37H34F7N3O5. The number of aryl methyl sites for hydroxylation is 1. The molecule has 2 atom stereocenters. The Bertz CT molecular complexity index is 1960. The highest BCUT2D eigenvalue weighted by Gasteiger charge is 2.38. The average molecular weight is 734 g/mol. The zero-order chi connectivity index (χ0) is 38.1. The summed E-state index contributed by atoms with van der Waals surface area (Å²) in [6, 6.07) is 4.89. The number of halogens is 7. The summed E-state index contributed by atoms with van der Waals surface area (Å²) in [6.45, 7) is 2.76. The van der Waals surface area contributed by atoms with E-state index in [4.69, 9.17) is 4.74 Å². The van der Waals surface area contributed by atoms with Crippen molar-refractivity contribution in [3.05, 3.63) is 106 Å². The van der Waals surface area contributed by atoms with Gasteiger partial charge in [-0.15, -0.1) is 0 Å². The van der Waals surface area contributed by atoms with Gasteiger partial charge in [-0.2, -0.15) is 13.2 Å². The standard InChI is InChI=1S/C37H34F7N3O5/c1-19-12-22-13-26(34(19)41)30(15-32(49)50)45-36(51)35(25-14-24(4-5-29(25)40)52-31-7-6-28(39)20(2)33(22)31)46(3)16-21(8-10-47-17-23(38)18-47)27(9-11-48)37(42,43)44/h4-7,9,11-14,16,23,30,35H,8,10,15,17-18H2,1-3H3,(H,45,51)(H,49,50)/b21-16-,27-9+/t30-,35?/m0/s1. The number of fused-ring (bicyclic) bond motifs is 6. The molecule has 0 aromatic heterocycles. The van der Waals surface area contributed by atoms with E-state index in [0.29, 0.717) is 6.08 Å². The molecule has 0 aliphatic carbocycles. The van der Waals surface area contributed by atoms with E-state index in [2.05, 4.69) is 5.32 Å². The van der Waals surface area contributed by atoms with E-state index < -0.39 is 76.9 Å². The number of nitrogens with one attached hydrogen (secondary N) is 1. The summed E-state index contributed by atoms with van der Waals surface area (Å²) >= 11 is 0. The molecule has 1 fully saturated rings. The number of benzene rings is 3. The van der Waals surface area contributed by atoms with E-state index >= 15 is 8.78 Å². The monoisotopic (exact) mass is 733 g/mol. The van der Waals surface area contributed by atoms with Crippen LogP contribution in [0.1, 0.15) is 47.2 Å². The molecule has 276 valence electrons. The van der Waals surface area contributed by atoms with Crippen molar-refractivity contribution < 1.29 is 55.0 Å². The van der Waals surface area contributed by atoms with Crippen LogP contribution in [-0.2, 0) is 14.4 Å². The summed E-state index contributed by atoms with van der Waals surface area (Å²) in [4.78, 5) is 40.1. The van der Waals surface area contributed by atoms with Gasteiger partial charge >= 0.3 is 12.1 Å². The summed E-state index contributed by atoms with van der Waals surface area (Å²) in [5.74, 6) is -5.15. The Balaban J connectivity index is 1.72. The van der Waals surface area contributed by atoms with Crippen molar-refractivity contribution in [2.45, 2.75) is 51.1 Å². The number of allylic oxidation sites excluding steroid dienone is 2. The third-order valence-electron chi connectivity index (χ3n) is 9.00. The summed E-state index contributed by atoms with van der Waals surface area (Å²) in [5, 5.41) is 12.3. The van der Waals surface area contributed by atoms with Crippen LogP contribution in [0, 0.1) is 31.3 Å². The fourth-order valence-electron chi connectivity index (χ4n) is 6.44. The molecule has 5 rings (SSSR count). The number of carboxylic acid groups (broad SMARTS) is 1. The van der Waals surface area contributed by atoms with Gasteiger partial charge in [0.15, 0.2) is 0 Å². The lowest BCUT2D eigenvalue weighted by atomic mass is 9.92. The van der Waals surface area contributed by atoms with Crippen molar-refractivity contribution in [1.82, 2.24) is 15.1 Å². The highest BCUT2D eigenvalue weighted by molar-refractivity contribution is 5.85. The van der Waals surface area contributed by atoms with Crippen LogP contribution in [0.2, 0.25) is 0 Å². The Morgan fingerprint density at radius 1 is 1.06 bits per heavy atom. The predicted octanol–water partition coefficient (Wildman–Crippen LogP) is 7.41. The van der Waals surface area contributed by atoms with Gasteiger partial charge in [0.05, 0.1) is 18.0 Å². The van der Waals surface area contributed by atoms with Crippen molar-refractivity contribution >= 4 is 18.2 Å². The number of aliphatic carboxylic acids is 1. The number of likely N-dealkylation sites (N-methyl/N-ethyl adjacent to an activating group) is 1. The van der Waals surface area contributed by atoms with Crippen LogP contribution >= 0.6 is 0 Å². The average Bonchev–Trinajstić information content (AvgIpc) is 3.04. The second kappa shape index (κ2) is 15.2. The van der Waals surface area contributed by atoms with Crippen molar-refractivity contribution in [3.8, 4) is 22.6 Å². The third kappa shape index (κ3) is 8.14. The molecule has 0 spiro atoms. The van der Waals surface area contributed by atoms with Gasteiger partial charge in [-0.1, -0.05) is 0 Å².